The van der Waals surface area contributed by atoms with Crippen molar-refractivity contribution < 1.29 is 5.11 Å². The van der Waals surface area contributed by atoms with Crippen molar-refractivity contribution in [2.24, 2.45) is 11.7 Å². The molecular weight excluding hydrogens is 138 g/mol. The van der Waals surface area contributed by atoms with Gasteiger partial charge in [0, 0.05) is 6.04 Å². The van der Waals surface area contributed by atoms with Crippen molar-refractivity contribution in [3.8, 4) is 0 Å². The van der Waals surface area contributed by atoms with Crippen LogP contribution >= 0.6 is 0 Å². The largest absolute Gasteiger partial charge is 0.389 e. The van der Waals surface area contributed by atoms with Gasteiger partial charge in [0.15, 0.2) is 0 Å². The molecule has 0 amide bonds. The van der Waals surface area contributed by atoms with E-state index in [-0.39, 0.29) is 6.04 Å². The van der Waals surface area contributed by atoms with Crippen molar-refractivity contribution in [2.45, 2.75) is 52.2 Å². The van der Waals surface area contributed by atoms with E-state index in [2.05, 4.69) is 13.8 Å². The van der Waals surface area contributed by atoms with Gasteiger partial charge in [0.25, 0.3) is 0 Å². The molecule has 0 aromatic carbocycles. The minimum atomic E-state index is -0.690. The zero-order chi connectivity index (χ0) is 9.07. The molecule has 0 saturated carbocycles. The molecule has 0 heterocycles. The van der Waals surface area contributed by atoms with Crippen LogP contribution in [0.1, 0.15) is 40.5 Å². The zero-order valence-corrected chi connectivity index (χ0v) is 8.09. The summed E-state index contributed by atoms with van der Waals surface area (Å²) in [5.74, 6) is 0.639. The second-order valence-corrected chi connectivity index (χ2v) is 4.08. The van der Waals surface area contributed by atoms with E-state index in [4.69, 9.17) is 5.73 Å². The average Bonchev–Trinajstić information content (AvgIpc) is 1.84. The second kappa shape index (κ2) is 4.07. The van der Waals surface area contributed by atoms with Crippen LogP contribution in [0, 0.1) is 5.92 Å². The Labute approximate surface area is 69.8 Å². The maximum absolute atomic E-state index is 9.72. The van der Waals surface area contributed by atoms with Crippen LogP contribution in [0.4, 0.5) is 0 Å². The van der Waals surface area contributed by atoms with E-state index in [1.165, 1.54) is 0 Å². The van der Waals surface area contributed by atoms with Gasteiger partial charge in [-0.3, -0.25) is 0 Å². The Morgan fingerprint density at radius 3 is 2.09 bits per heavy atom. The van der Waals surface area contributed by atoms with Crippen molar-refractivity contribution >= 4 is 0 Å². The standard InChI is InChI=1S/C9H21NO/c1-7(2)5-6-9(4,11)8(3)10/h7-8,11H,5-6,10H2,1-4H3. The molecular formula is C9H21NO. The maximum Gasteiger partial charge on any atom is 0.0767 e. The molecule has 0 radical (unpaired) electrons. The van der Waals surface area contributed by atoms with E-state index in [1.807, 2.05) is 6.92 Å². The Morgan fingerprint density at radius 2 is 1.82 bits per heavy atom. The summed E-state index contributed by atoms with van der Waals surface area (Å²) >= 11 is 0. The molecule has 0 bridgehead atoms. The molecule has 0 aliphatic heterocycles. The minimum Gasteiger partial charge on any atom is -0.389 e. The molecule has 0 aliphatic carbocycles. The van der Waals surface area contributed by atoms with Gasteiger partial charge in [-0.2, -0.15) is 0 Å². The Bertz CT molecular complexity index is 108. The van der Waals surface area contributed by atoms with Crippen molar-refractivity contribution in [2.75, 3.05) is 0 Å². The maximum atomic E-state index is 9.72. The molecule has 0 spiro atoms. The number of rotatable bonds is 4. The van der Waals surface area contributed by atoms with Crippen molar-refractivity contribution in [3.05, 3.63) is 0 Å². The first-order valence-corrected chi connectivity index (χ1v) is 4.34. The molecule has 0 saturated heterocycles. The zero-order valence-electron chi connectivity index (χ0n) is 8.09. The van der Waals surface area contributed by atoms with E-state index in [0.29, 0.717) is 5.92 Å². The Kier molecular flexibility index (Phi) is 4.04. The van der Waals surface area contributed by atoms with Crippen LogP contribution in [0.15, 0.2) is 0 Å². The molecule has 0 fully saturated rings. The average molecular weight is 159 g/mol. The Morgan fingerprint density at radius 1 is 1.36 bits per heavy atom. The van der Waals surface area contributed by atoms with E-state index >= 15 is 0 Å². The van der Waals surface area contributed by atoms with Crippen molar-refractivity contribution in [1.29, 1.82) is 0 Å². The van der Waals surface area contributed by atoms with E-state index < -0.39 is 5.60 Å². The van der Waals surface area contributed by atoms with Gasteiger partial charge in [0.2, 0.25) is 0 Å². The lowest BCUT2D eigenvalue weighted by Gasteiger charge is -2.28. The summed E-state index contributed by atoms with van der Waals surface area (Å²) in [6.45, 7) is 7.95. The highest BCUT2D eigenvalue weighted by molar-refractivity contribution is 4.81. The van der Waals surface area contributed by atoms with Gasteiger partial charge < -0.3 is 10.8 Å². The summed E-state index contributed by atoms with van der Waals surface area (Å²) in [4.78, 5) is 0. The molecule has 0 rings (SSSR count). The molecule has 3 N–H and O–H groups in total. The Balaban J connectivity index is 3.73. The van der Waals surface area contributed by atoms with Crippen LogP contribution in [0.5, 0.6) is 0 Å². The highest BCUT2D eigenvalue weighted by Crippen LogP contribution is 2.18. The molecule has 11 heavy (non-hydrogen) atoms. The van der Waals surface area contributed by atoms with Gasteiger partial charge >= 0.3 is 0 Å². The molecule has 2 atom stereocenters. The fourth-order valence-electron chi connectivity index (χ4n) is 0.809. The highest BCUT2D eigenvalue weighted by Gasteiger charge is 2.24. The number of hydrogen-bond donors (Lipinski definition) is 2. The quantitative estimate of drug-likeness (QED) is 0.653. The third-order valence-corrected chi connectivity index (χ3v) is 2.21. The molecule has 0 aromatic heterocycles. The van der Waals surface area contributed by atoms with Gasteiger partial charge in [-0.15, -0.1) is 0 Å². The summed E-state index contributed by atoms with van der Waals surface area (Å²) in [7, 11) is 0. The van der Waals surface area contributed by atoms with E-state index in [1.54, 1.807) is 6.92 Å². The number of nitrogens with two attached hydrogens (primary N) is 1. The van der Waals surface area contributed by atoms with Crippen LogP contribution in [0.3, 0.4) is 0 Å². The highest BCUT2D eigenvalue weighted by atomic mass is 16.3. The molecule has 2 heteroatoms. The normalized spacial score (nSPS) is 19.9. The first-order chi connectivity index (χ1) is 4.86. The van der Waals surface area contributed by atoms with Crippen molar-refractivity contribution in [3.63, 3.8) is 0 Å². The first-order valence-electron chi connectivity index (χ1n) is 4.34. The van der Waals surface area contributed by atoms with E-state index in [9.17, 15) is 5.11 Å². The summed E-state index contributed by atoms with van der Waals surface area (Å²) in [5.41, 5.74) is 4.92. The molecule has 2 unspecified atom stereocenters. The molecule has 0 aliphatic rings. The van der Waals surface area contributed by atoms with Gasteiger partial charge in [-0.1, -0.05) is 13.8 Å². The number of aliphatic hydroxyl groups is 1. The third kappa shape index (κ3) is 4.38. The fourth-order valence-corrected chi connectivity index (χ4v) is 0.809. The topological polar surface area (TPSA) is 46.2 Å². The molecule has 68 valence electrons. The molecule has 2 nitrogen and oxygen atoms in total. The second-order valence-electron chi connectivity index (χ2n) is 4.08. The minimum absolute atomic E-state index is 0.138. The summed E-state index contributed by atoms with van der Waals surface area (Å²) < 4.78 is 0. The van der Waals surface area contributed by atoms with Gasteiger partial charge in [-0.25, -0.2) is 0 Å². The lowest BCUT2D eigenvalue weighted by molar-refractivity contribution is 0.0249. The Hall–Kier alpha value is -0.0800. The van der Waals surface area contributed by atoms with Crippen molar-refractivity contribution in [1.82, 2.24) is 0 Å². The molecule has 0 aromatic rings. The predicted molar refractivity (Wildman–Crippen MR) is 48.3 cm³/mol. The first kappa shape index (κ1) is 10.9. The summed E-state index contributed by atoms with van der Waals surface area (Å²) in [6, 6.07) is -0.138. The van der Waals surface area contributed by atoms with Crippen LogP contribution in [0.25, 0.3) is 0 Å². The van der Waals surface area contributed by atoms with Crippen LogP contribution in [-0.2, 0) is 0 Å². The van der Waals surface area contributed by atoms with Gasteiger partial charge in [0.1, 0.15) is 0 Å². The van der Waals surface area contributed by atoms with Crippen LogP contribution in [0.2, 0.25) is 0 Å². The van der Waals surface area contributed by atoms with E-state index in [0.717, 1.165) is 12.8 Å². The van der Waals surface area contributed by atoms with Crippen LogP contribution < -0.4 is 5.73 Å². The monoisotopic (exact) mass is 159 g/mol. The van der Waals surface area contributed by atoms with Crippen LogP contribution in [-0.4, -0.2) is 16.7 Å². The SMILES string of the molecule is CC(C)CCC(C)(O)C(C)N. The van der Waals surface area contributed by atoms with Gasteiger partial charge in [0.05, 0.1) is 5.60 Å². The number of hydrogen-bond acceptors (Lipinski definition) is 2. The predicted octanol–water partition coefficient (Wildman–Crippen LogP) is 1.52. The third-order valence-electron chi connectivity index (χ3n) is 2.21. The summed E-state index contributed by atoms with van der Waals surface area (Å²) in [5, 5.41) is 9.72. The lowest BCUT2D eigenvalue weighted by Crippen LogP contribution is -2.43. The van der Waals surface area contributed by atoms with Gasteiger partial charge in [-0.05, 0) is 32.6 Å². The summed E-state index contributed by atoms with van der Waals surface area (Å²) in [6.07, 6.45) is 1.83. The lowest BCUT2D eigenvalue weighted by atomic mass is 9.90. The fraction of sp³-hybridized carbons (Fsp3) is 1.00. The smallest absolute Gasteiger partial charge is 0.0767 e.